The number of nitrogens with one attached hydrogen (secondary N) is 1. The number of aromatic nitrogens is 2. The molecule has 7 heteroatoms. The van der Waals surface area contributed by atoms with Crippen LogP contribution in [0.15, 0.2) is 24.4 Å². The Bertz CT molecular complexity index is 759. The molecule has 3 rings (SSSR count). The summed E-state index contributed by atoms with van der Waals surface area (Å²) in [6.45, 7) is 3.12. The lowest BCUT2D eigenvalue weighted by Gasteiger charge is -2.23. The average Bonchev–Trinajstić information content (AvgIpc) is 3.14. The van der Waals surface area contributed by atoms with Gasteiger partial charge in [0, 0.05) is 19.1 Å². The van der Waals surface area contributed by atoms with E-state index in [4.69, 9.17) is 0 Å². The summed E-state index contributed by atoms with van der Waals surface area (Å²) in [6.07, 6.45) is 3.26. The highest BCUT2D eigenvalue weighted by Crippen LogP contribution is 2.25. The molecule has 2 N–H and O–H groups in total. The second-order valence-electron chi connectivity index (χ2n) is 6.09. The van der Waals surface area contributed by atoms with Gasteiger partial charge in [-0.05, 0) is 50.6 Å². The van der Waals surface area contributed by atoms with E-state index in [1.165, 1.54) is 23.0 Å². The minimum absolute atomic E-state index is 0.0294. The van der Waals surface area contributed by atoms with Gasteiger partial charge in [0.05, 0.1) is 11.9 Å². The van der Waals surface area contributed by atoms with Crippen molar-refractivity contribution in [2.75, 3.05) is 20.1 Å². The number of halogens is 1. The van der Waals surface area contributed by atoms with E-state index in [-0.39, 0.29) is 29.2 Å². The Morgan fingerprint density at radius 3 is 3.00 bits per heavy atom. The summed E-state index contributed by atoms with van der Waals surface area (Å²) in [4.78, 5) is 14.5. The number of likely N-dealkylation sites (tertiary alicyclic amines) is 1. The Balaban J connectivity index is 1.90. The lowest BCUT2D eigenvalue weighted by atomic mass is 10.2. The SMILES string of the molecule is CNCC1CCCN1C(=O)c1nn(-c2ccc(F)cc2C)cc1O. The second-order valence-corrected chi connectivity index (χ2v) is 6.09. The molecule has 1 unspecified atom stereocenters. The number of rotatable bonds is 4. The second kappa shape index (κ2) is 6.60. The zero-order chi connectivity index (χ0) is 17.3. The number of carbonyl (C=O) groups excluding carboxylic acids is 1. The molecule has 24 heavy (non-hydrogen) atoms. The molecular weight excluding hydrogens is 311 g/mol. The van der Waals surface area contributed by atoms with Crippen LogP contribution in [0, 0.1) is 12.7 Å². The number of hydrogen-bond donors (Lipinski definition) is 2. The maximum Gasteiger partial charge on any atom is 0.278 e. The first-order chi connectivity index (χ1) is 11.5. The third-order valence-corrected chi connectivity index (χ3v) is 4.38. The first-order valence-electron chi connectivity index (χ1n) is 8.02. The van der Waals surface area contributed by atoms with Crippen molar-refractivity contribution in [1.82, 2.24) is 20.0 Å². The predicted molar refractivity (Wildman–Crippen MR) is 87.9 cm³/mol. The molecule has 0 spiro atoms. The average molecular weight is 332 g/mol. The fraction of sp³-hybridized carbons (Fsp3) is 0.412. The molecule has 6 nitrogen and oxygen atoms in total. The van der Waals surface area contributed by atoms with Gasteiger partial charge in [0.1, 0.15) is 5.82 Å². The minimum Gasteiger partial charge on any atom is -0.504 e. The van der Waals surface area contributed by atoms with Gasteiger partial charge in [0.15, 0.2) is 11.4 Å². The van der Waals surface area contributed by atoms with Gasteiger partial charge in [0.2, 0.25) is 0 Å². The van der Waals surface area contributed by atoms with Crippen LogP contribution < -0.4 is 5.32 Å². The summed E-state index contributed by atoms with van der Waals surface area (Å²) in [5.41, 5.74) is 1.33. The largest absolute Gasteiger partial charge is 0.504 e. The van der Waals surface area contributed by atoms with Gasteiger partial charge >= 0.3 is 0 Å². The number of hydrogen-bond acceptors (Lipinski definition) is 4. The van der Waals surface area contributed by atoms with E-state index in [1.54, 1.807) is 17.9 Å². The van der Waals surface area contributed by atoms with Crippen LogP contribution in [0.2, 0.25) is 0 Å². The lowest BCUT2D eigenvalue weighted by Crippen LogP contribution is -2.41. The topological polar surface area (TPSA) is 70.4 Å². The molecule has 2 heterocycles. The number of benzene rings is 1. The van der Waals surface area contributed by atoms with E-state index in [0.717, 1.165) is 12.8 Å². The number of aromatic hydroxyl groups is 1. The molecule has 1 aliphatic heterocycles. The van der Waals surface area contributed by atoms with Crippen LogP contribution in [-0.4, -0.2) is 51.9 Å². The molecule has 1 atom stereocenters. The molecule has 1 aromatic heterocycles. The van der Waals surface area contributed by atoms with Crippen LogP contribution in [-0.2, 0) is 0 Å². The van der Waals surface area contributed by atoms with Crippen LogP contribution in [0.5, 0.6) is 5.75 Å². The molecule has 1 fully saturated rings. The molecule has 1 saturated heterocycles. The maximum atomic E-state index is 13.3. The number of likely N-dealkylation sites (N-methyl/N-ethyl adjacent to an activating group) is 1. The van der Waals surface area contributed by atoms with E-state index in [1.807, 2.05) is 7.05 Å². The van der Waals surface area contributed by atoms with Crippen molar-refractivity contribution >= 4 is 5.91 Å². The van der Waals surface area contributed by atoms with Gasteiger partial charge in [-0.15, -0.1) is 0 Å². The highest BCUT2D eigenvalue weighted by Gasteiger charge is 2.32. The van der Waals surface area contributed by atoms with E-state index in [0.29, 0.717) is 24.3 Å². The highest BCUT2D eigenvalue weighted by atomic mass is 19.1. The Labute approximate surface area is 139 Å². The lowest BCUT2D eigenvalue weighted by molar-refractivity contribution is 0.0727. The van der Waals surface area contributed by atoms with Gasteiger partial charge in [-0.3, -0.25) is 4.79 Å². The molecule has 0 bridgehead atoms. The predicted octanol–water partition coefficient (Wildman–Crippen LogP) is 1.85. The van der Waals surface area contributed by atoms with Gasteiger partial charge in [0.25, 0.3) is 5.91 Å². The Morgan fingerprint density at radius 2 is 2.29 bits per heavy atom. The summed E-state index contributed by atoms with van der Waals surface area (Å²) in [7, 11) is 1.85. The minimum atomic E-state index is -0.337. The molecule has 128 valence electrons. The summed E-state index contributed by atoms with van der Waals surface area (Å²) in [5, 5.41) is 17.5. The van der Waals surface area contributed by atoms with Gasteiger partial charge in [-0.1, -0.05) is 0 Å². The smallest absolute Gasteiger partial charge is 0.278 e. The van der Waals surface area contributed by atoms with E-state index in [9.17, 15) is 14.3 Å². The highest BCUT2D eigenvalue weighted by molar-refractivity contribution is 5.95. The molecule has 0 aliphatic carbocycles. The van der Waals surface area contributed by atoms with Crippen molar-refractivity contribution in [1.29, 1.82) is 0 Å². The first-order valence-corrected chi connectivity index (χ1v) is 8.02. The van der Waals surface area contributed by atoms with Crippen molar-refractivity contribution in [3.05, 3.63) is 41.5 Å². The zero-order valence-electron chi connectivity index (χ0n) is 13.8. The van der Waals surface area contributed by atoms with Crippen LogP contribution in [0.1, 0.15) is 28.9 Å². The number of amides is 1. The third-order valence-electron chi connectivity index (χ3n) is 4.38. The van der Waals surface area contributed by atoms with Gasteiger partial charge in [-0.2, -0.15) is 5.10 Å². The van der Waals surface area contributed by atoms with Crippen molar-refractivity contribution in [2.24, 2.45) is 0 Å². The fourth-order valence-electron chi connectivity index (χ4n) is 3.20. The Hall–Kier alpha value is -2.41. The summed E-state index contributed by atoms with van der Waals surface area (Å²) in [6, 6.07) is 4.40. The summed E-state index contributed by atoms with van der Waals surface area (Å²) in [5.74, 6) is -0.779. The fourth-order valence-corrected chi connectivity index (χ4v) is 3.20. The van der Waals surface area contributed by atoms with Crippen LogP contribution in [0.25, 0.3) is 5.69 Å². The van der Waals surface area contributed by atoms with Gasteiger partial charge in [-0.25, -0.2) is 9.07 Å². The molecule has 1 amide bonds. The normalized spacial score (nSPS) is 17.5. The zero-order valence-corrected chi connectivity index (χ0v) is 13.8. The van der Waals surface area contributed by atoms with Crippen molar-refractivity contribution < 1.29 is 14.3 Å². The molecule has 0 saturated carbocycles. The van der Waals surface area contributed by atoms with Crippen LogP contribution >= 0.6 is 0 Å². The molecule has 2 aromatic rings. The molecular formula is C17H21FN4O2. The van der Waals surface area contributed by atoms with E-state index < -0.39 is 0 Å². The van der Waals surface area contributed by atoms with Crippen molar-refractivity contribution in [3.63, 3.8) is 0 Å². The van der Waals surface area contributed by atoms with Crippen LogP contribution in [0.4, 0.5) is 4.39 Å². The number of nitrogens with zero attached hydrogens (tertiary/aromatic N) is 3. The van der Waals surface area contributed by atoms with E-state index >= 15 is 0 Å². The monoisotopic (exact) mass is 332 g/mol. The van der Waals surface area contributed by atoms with Crippen LogP contribution in [0.3, 0.4) is 0 Å². The van der Waals surface area contributed by atoms with E-state index in [2.05, 4.69) is 10.4 Å². The summed E-state index contributed by atoms with van der Waals surface area (Å²) >= 11 is 0. The standard InChI is InChI=1S/C17H21FN4O2/c1-11-8-12(18)5-6-14(11)22-10-15(23)16(20-22)17(24)21-7-3-4-13(21)9-19-2/h5-6,8,10,13,19,23H,3-4,7,9H2,1-2H3. The summed E-state index contributed by atoms with van der Waals surface area (Å²) < 4.78 is 14.7. The maximum absolute atomic E-state index is 13.3. The quantitative estimate of drug-likeness (QED) is 0.896. The third kappa shape index (κ3) is 2.99. The Kier molecular flexibility index (Phi) is 4.53. The van der Waals surface area contributed by atoms with Gasteiger partial charge < -0.3 is 15.3 Å². The van der Waals surface area contributed by atoms with Crippen molar-refractivity contribution in [3.8, 4) is 11.4 Å². The molecule has 1 aliphatic rings. The first kappa shape index (κ1) is 16.4. The Morgan fingerprint density at radius 1 is 1.50 bits per heavy atom. The number of aryl methyl sites for hydroxylation is 1. The van der Waals surface area contributed by atoms with Crippen molar-refractivity contribution in [2.45, 2.75) is 25.8 Å². The molecule has 0 radical (unpaired) electrons. The number of carbonyl (C=O) groups is 1. The molecule has 1 aromatic carbocycles.